The summed E-state index contributed by atoms with van der Waals surface area (Å²) in [6.45, 7) is 2.25. The van der Waals surface area contributed by atoms with E-state index in [-0.39, 0.29) is 18.1 Å². The van der Waals surface area contributed by atoms with Crippen LogP contribution in [-0.4, -0.2) is 28.7 Å². The van der Waals surface area contributed by atoms with Crippen LogP contribution in [0.3, 0.4) is 0 Å². The van der Waals surface area contributed by atoms with E-state index in [1.807, 2.05) is 30.5 Å². The van der Waals surface area contributed by atoms with Gasteiger partial charge in [-0.05, 0) is 64.6 Å². The Balaban J connectivity index is 2.19. The molecule has 0 aliphatic rings. The van der Waals surface area contributed by atoms with Crippen LogP contribution in [0.15, 0.2) is 28.4 Å². The Bertz CT molecular complexity index is 1110. The summed E-state index contributed by atoms with van der Waals surface area (Å²) >= 11 is 10.0. The Labute approximate surface area is 185 Å². The summed E-state index contributed by atoms with van der Waals surface area (Å²) in [4.78, 5) is 26.0. The number of nitrogens with one attached hydrogen (secondary N) is 1. The van der Waals surface area contributed by atoms with Crippen molar-refractivity contribution in [2.45, 2.75) is 19.8 Å². The fourth-order valence-corrected chi connectivity index (χ4v) is 5.17. The highest BCUT2D eigenvalue weighted by Gasteiger charge is 2.23. The Morgan fingerprint density at radius 1 is 1.39 bits per heavy atom. The number of benzene rings is 1. The van der Waals surface area contributed by atoms with Gasteiger partial charge in [-0.25, -0.2) is 0 Å². The summed E-state index contributed by atoms with van der Waals surface area (Å²) in [6, 6.07) is 5.74. The summed E-state index contributed by atoms with van der Waals surface area (Å²) in [5.74, 6) is -0.243. The predicted molar refractivity (Wildman–Crippen MR) is 123 cm³/mol. The van der Waals surface area contributed by atoms with Gasteiger partial charge in [0, 0.05) is 40.9 Å². The number of carbonyl (C=O) groups is 1. The molecule has 0 atom stereocenters. The number of fused-ring (bicyclic) bond motifs is 1. The highest BCUT2D eigenvalue weighted by atomic mass is 127. The number of nitrogens with zero attached hydrogens (tertiary/aromatic N) is 1. The van der Waals surface area contributed by atoms with E-state index in [9.17, 15) is 9.59 Å². The first kappa shape index (κ1) is 21.3. The van der Waals surface area contributed by atoms with Gasteiger partial charge in [0.15, 0.2) is 0 Å². The van der Waals surface area contributed by atoms with Crippen molar-refractivity contribution in [1.29, 1.82) is 0 Å². The van der Waals surface area contributed by atoms with Crippen molar-refractivity contribution < 1.29 is 9.90 Å². The Hall–Kier alpha value is -1.42. The quantitative estimate of drug-likeness (QED) is 0.375. The largest absolute Gasteiger partial charge is 0.396 e. The number of aliphatic hydroxyl groups excluding tert-OH is 1. The molecule has 0 saturated heterocycles. The van der Waals surface area contributed by atoms with Crippen molar-refractivity contribution in [3.63, 3.8) is 0 Å². The topological polar surface area (TPSA) is 71.3 Å². The van der Waals surface area contributed by atoms with Gasteiger partial charge in [0.1, 0.15) is 0 Å². The van der Waals surface area contributed by atoms with Gasteiger partial charge in [0.2, 0.25) is 0 Å². The summed E-state index contributed by atoms with van der Waals surface area (Å²) in [6.07, 6.45) is 0.847. The van der Waals surface area contributed by atoms with Crippen molar-refractivity contribution in [2.24, 2.45) is 7.05 Å². The number of pyridine rings is 1. The number of amides is 1. The van der Waals surface area contributed by atoms with Crippen molar-refractivity contribution in [3.8, 4) is 0 Å². The van der Waals surface area contributed by atoms with Gasteiger partial charge in [0.25, 0.3) is 11.5 Å². The molecule has 3 rings (SSSR count). The van der Waals surface area contributed by atoms with E-state index in [4.69, 9.17) is 16.7 Å². The molecule has 8 heteroatoms. The SMILES string of the molecule is Cc1csc2c(C(=O)NCCCO)c(Cc3ccc(I)cc3Cl)n(C)c(=O)c12. The van der Waals surface area contributed by atoms with Crippen LogP contribution in [0.25, 0.3) is 10.1 Å². The van der Waals surface area contributed by atoms with Crippen LogP contribution in [0.1, 0.15) is 33.6 Å². The van der Waals surface area contributed by atoms with E-state index in [0.29, 0.717) is 45.8 Å². The molecule has 2 N–H and O–H groups in total. The van der Waals surface area contributed by atoms with E-state index in [1.54, 1.807) is 11.6 Å². The Kier molecular flexibility index (Phi) is 6.80. The van der Waals surface area contributed by atoms with Crippen LogP contribution in [0.5, 0.6) is 0 Å². The highest BCUT2D eigenvalue weighted by molar-refractivity contribution is 14.1. The van der Waals surface area contributed by atoms with E-state index in [1.165, 1.54) is 11.3 Å². The standard InChI is InChI=1S/C20H20ClIN2O3S/c1-11-10-28-18-16(11)20(27)24(2)15(17(18)19(26)23-6-3-7-25)8-12-4-5-13(22)9-14(12)21/h4-5,9-10,25H,3,6-8H2,1-2H3,(H,23,26). The maximum atomic E-state index is 13.0. The lowest BCUT2D eigenvalue weighted by molar-refractivity contribution is 0.0951. The number of halogens is 2. The van der Waals surface area contributed by atoms with Crippen molar-refractivity contribution in [3.05, 3.63) is 64.9 Å². The minimum absolute atomic E-state index is 0.00614. The lowest BCUT2D eigenvalue weighted by Gasteiger charge is -2.16. The smallest absolute Gasteiger partial charge is 0.259 e. The van der Waals surface area contributed by atoms with Gasteiger partial charge in [0.05, 0.1) is 15.6 Å². The fraction of sp³-hybridized carbons (Fsp3) is 0.300. The van der Waals surface area contributed by atoms with Gasteiger partial charge in [-0.3, -0.25) is 9.59 Å². The average Bonchev–Trinajstić information content (AvgIpc) is 3.03. The van der Waals surface area contributed by atoms with Crippen LogP contribution in [-0.2, 0) is 13.5 Å². The number of thiophene rings is 1. The number of aromatic nitrogens is 1. The van der Waals surface area contributed by atoms with Crippen LogP contribution >= 0.6 is 45.5 Å². The molecule has 0 aliphatic heterocycles. The third-order valence-corrected chi connectivity index (χ3v) is 6.77. The monoisotopic (exact) mass is 530 g/mol. The molecule has 0 spiro atoms. The molecule has 0 saturated carbocycles. The zero-order chi connectivity index (χ0) is 20.4. The van der Waals surface area contributed by atoms with Crippen LogP contribution in [0.4, 0.5) is 0 Å². The van der Waals surface area contributed by atoms with Crippen LogP contribution < -0.4 is 10.9 Å². The molecule has 3 aromatic rings. The maximum Gasteiger partial charge on any atom is 0.259 e. The molecule has 0 radical (unpaired) electrons. The molecule has 1 aromatic carbocycles. The van der Waals surface area contributed by atoms with E-state index in [0.717, 1.165) is 14.7 Å². The summed E-state index contributed by atoms with van der Waals surface area (Å²) in [5, 5.41) is 14.9. The molecular weight excluding hydrogens is 511 g/mol. The second-order valence-electron chi connectivity index (χ2n) is 6.55. The first-order chi connectivity index (χ1) is 13.3. The maximum absolute atomic E-state index is 13.0. The molecule has 2 aromatic heterocycles. The van der Waals surface area contributed by atoms with E-state index >= 15 is 0 Å². The van der Waals surface area contributed by atoms with Crippen LogP contribution in [0, 0.1) is 10.5 Å². The van der Waals surface area contributed by atoms with Crippen LogP contribution in [0.2, 0.25) is 5.02 Å². The van der Waals surface area contributed by atoms with Crippen molar-refractivity contribution in [2.75, 3.05) is 13.2 Å². The van der Waals surface area contributed by atoms with E-state index < -0.39 is 0 Å². The predicted octanol–water partition coefficient (Wildman–Crippen LogP) is 3.87. The molecule has 0 unspecified atom stereocenters. The lowest BCUT2D eigenvalue weighted by Crippen LogP contribution is -2.31. The number of aryl methyl sites for hydroxylation is 1. The van der Waals surface area contributed by atoms with Gasteiger partial charge in [-0.1, -0.05) is 17.7 Å². The highest BCUT2D eigenvalue weighted by Crippen LogP contribution is 2.30. The van der Waals surface area contributed by atoms with Gasteiger partial charge < -0.3 is 15.0 Å². The molecule has 1 amide bonds. The Morgan fingerprint density at radius 2 is 2.14 bits per heavy atom. The van der Waals surface area contributed by atoms with Crippen molar-refractivity contribution in [1.82, 2.24) is 9.88 Å². The molecule has 28 heavy (non-hydrogen) atoms. The minimum atomic E-state index is -0.243. The molecule has 0 bridgehead atoms. The Morgan fingerprint density at radius 3 is 2.82 bits per heavy atom. The van der Waals surface area contributed by atoms with Gasteiger partial charge in [-0.2, -0.15) is 0 Å². The third-order valence-electron chi connectivity index (χ3n) is 4.63. The molecular formula is C20H20ClIN2O3S. The number of hydrogen-bond acceptors (Lipinski definition) is 4. The molecule has 0 aliphatic carbocycles. The molecule has 0 fully saturated rings. The number of hydrogen-bond donors (Lipinski definition) is 2. The fourth-order valence-electron chi connectivity index (χ4n) is 3.14. The minimum Gasteiger partial charge on any atom is -0.396 e. The second-order valence-corrected chi connectivity index (χ2v) is 9.09. The first-order valence-corrected chi connectivity index (χ1v) is 11.1. The van der Waals surface area contributed by atoms with Gasteiger partial charge >= 0.3 is 0 Å². The number of aliphatic hydroxyl groups is 1. The van der Waals surface area contributed by atoms with Crippen molar-refractivity contribution >= 4 is 61.5 Å². The zero-order valence-electron chi connectivity index (χ0n) is 15.5. The zero-order valence-corrected chi connectivity index (χ0v) is 19.2. The van der Waals surface area contributed by atoms with E-state index in [2.05, 4.69) is 27.9 Å². The third kappa shape index (κ3) is 4.12. The van der Waals surface area contributed by atoms with Gasteiger partial charge in [-0.15, -0.1) is 11.3 Å². The molecule has 148 valence electrons. The number of rotatable bonds is 6. The summed E-state index contributed by atoms with van der Waals surface area (Å²) < 4.78 is 3.27. The first-order valence-electron chi connectivity index (χ1n) is 8.77. The second kappa shape index (κ2) is 8.94. The summed E-state index contributed by atoms with van der Waals surface area (Å²) in [5.41, 5.74) is 2.74. The summed E-state index contributed by atoms with van der Waals surface area (Å²) in [7, 11) is 1.69. The normalized spacial score (nSPS) is 11.2. The lowest BCUT2D eigenvalue weighted by atomic mass is 10.0. The number of carbonyl (C=O) groups excluding carboxylic acids is 1. The molecule has 5 nitrogen and oxygen atoms in total. The average molecular weight is 531 g/mol. The molecule has 2 heterocycles.